The lowest BCUT2D eigenvalue weighted by Gasteiger charge is -2.37. The maximum absolute atomic E-state index is 13.9. The largest absolute Gasteiger partial charge is 0.493 e. The number of Topliss-reactive ketones (excluding diaryl/α,β-unsaturated/α-hetero) is 1. The zero-order chi connectivity index (χ0) is 26.8. The molecule has 1 amide bonds. The number of allylic oxidation sites excluding steroid dienone is 3. The van der Waals surface area contributed by atoms with Crippen LogP contribution in [0, 0.1) is 6.92 Å². The van der Waals surface area contributed by atoms with Gasteiger partial charge in [0.05, 0.1) is 14.2 Å². The van der Waals surface area contributed by atoms with Crippen LogP contribution in [-0.2, 0) is 9.59 Å². The Bertz CT molecular complexity index is 1460. The third-order valence-corrected chi connectivity index (χ3v) is 7.48. The third kappa shape index (κ3) is 4.70. The average Bonchev–Trinajstić information content (AvgIpc) is 2.93. The second kappa shape index (κ2) is 10.6. The van der Waals surface area contributed by atoms with Crippen molar-refractivity contribution in [2.45, 2.75) is 38.5 Å². The number of anilines is 1. The van der Waals surface area contributed by atoms with Gasteiger partial charge >= 0.3 is 0 Å². The molecule has 2 atom stereocenters. The van der Waals surface area contributed by atoms with Crippen LogP contribution in [0.1, 0.15) is 48.3 Å². The Morgan fingerprint density at radius 1 is 0.868 bits per heavy atom. The van der Waals surface area contributed by atoms with E-state index in [0.29, 0.717) is 35.5 Å². The van der Waals surface area contributed by atoms with Crippen LogP contribution in [0.2, 0.25) is 0 Å². The molecule has 1 aliphatic carbocycles. The van der Waals surface area contributed by atoms with Crippen molar-refractivity contribution < 1.29 is 19.1 Å². The maximum atomic E-state index is 13.9. The molecule has 0 unspecified atom stereocenters. The zero-order valence-electron chi connectivity index (χ0n) is 22.1. The van der Waals surface area contributed by atoms with Gasteiger partial charge in [-0.25, -0.2) is 0 Å². The number of ketones is 1. The quantitative estimate of drug-likeness (QED) is 0.426. The fourth-order valence-electron chi connectivity index (χ4n) is 5.56. The highest BCUT2D eigenvalue weighted by molar-refractivity contribution is 6.10. The summed E-state index contributed by atoms with van der Waals surface area (Å²) in [5.74, 6) is 0.666. The predicted molar refractivity (Wildman–Crippen MR) is 148 cm³/mol. The minimum Gasteiger partial charge on any atom is -0.493 e. The number of hydrogen-bond acceptors (Lipinski definition) is 5. The van der Waals surface area contributed by atoms with E-state index in [9.17, 15) is 9.59 Å². The van der Waals surface area contributed by atoms with E-state index in [1.54, 1.807) is 14.2 Å². The molecule has 3 aromatic rings. The van der Waals surface area contributed by atoms with E-state index >= 15 is 0 Å². The van der Waals surface area contributed by atoms with Crippen LogP contribution in [0.3, 0.4) is 0 Å². The smallest absolute Gasteiger partial charge is 0.254 e. The Balaban J connectivity index is 1.53. The van der Waals surface area contributed by atoms with Gasteiger partial charge in [0.2, 0.25) is 0 Å². The molecule has 1 aliphatic heterocycles. The monoisotopic (exact) mass is 508 g/mol. The molecule has 0 spiro atoms. The number of carbonyl (C=O) groups is 2. The molecule has 0 bridgehead atoms. The van der Waals surface area contributed by atoms with Gasteiger partial charge in [0.25, 0.3) is 5.91 Å². The highest BCUT2D eigenvalue weighted by atomic mass is 16.5. The molecule has 2 aliphatic rings. The molecule has 194 valence electrons. The van der Waals surface area contributed by atoms with Crippen LogP contribution in [-0.4, -0.2) is 25.9 Å². The molecule has 0 radical (unpaired) electrons. The van der Waals surface area contributed by atoms with Crippen molar-refractivity contribution in [3.05, 3.63) is 112 Å². The van der Waals surface area contributed by atoms with Crippen LogP contribution in [0.25, 0.3) is 0 Å². The Morgan fingerprint density at radius 3 is 2.29 bits per heavy atom. The van der Waals surface area contributed by atoms with Crippen molar-refractivity contribution in [3.8, 4) is 11.5 Å². The molecular formula is C32H32N2O4. The standard InChI is InChI=1S/C32H32N2O4/c1-19-10-8-9-13-24(19)34-32(36)29-20(2)33-25-16-23(22-14-15-27(37-3)28(18-22)38-4)17-26(35)31(25)30(29)21-11-6-5-7-12-21/h5-15,18,23,30,33H,16-17H2,1-4H3,(H,34,36)/t23-,30+/m1/s1. The third-order valence-electron chi connectivity index (χ3n) is 7.48. The van der Waals surface area contributed by atoms with Crippen molar-refractivity contribution in [2.24, 2.45) is 0 Å². The SMILES string of the molecule is COc1ccc([C@H]2CC(=O)C3=C(C2)NC(C)=C(C(=O)Nc2ccccc2C)[C@@H]3c2ccccc2)cc1OC. The number of carbonyl (C=O) groups excluding carboxylic acids is 2. The summed E-state index contributed by atoms with van der Waals surface area (Å²) in [7, 11) is 3.22. The summed E-state index contributed by atoms with van der Waals surface area (Å²) in [5.41, 5.74) is 6.55. The maximum Gasteiger partial charge on any atom is 0.254 e. The number of nitrogens with one attached hydrogen (secondary N) is 2. The van der Waals surface area contributed by atoms with Crippen molar-refractivity contribution in [2.75, 3.05) is 19.5 Å². The summed E-state index contributed by atoms with van der Waals surface area (Å²) >= 11 is 0. The lowest BCUT2D eigenvalue weighted by Crippen LogP contribution is -2.37. The Morgan fingerprint density at radius 2 is 1.58 bits per heavy atom. The molecule has 5 rings (SSSR count). The van der Waals surface area contributed by atoms with Crippen molar-refractivity contribution in [3.63, 3.8) is 0 Å². The van der Waals surface area contributed by atoms with E-state index in [2.05, 4.69) is 10.6 Å². The van der Waals surface area contributed by atoms with Gasteiger partial charge in [0, 0.05) is 40.6 Å². The van der Waals surface area contributed by atoms with Crippen molar-refractivity contribution in [1.29, 1.82) is 0 Å². The van der Waals surface area contributed by atoms with Crippen LogP contribution in [0.5, 0.6) is 11.5 Å². The molecule has 1 heterocycles. The number of rotatable bonds is 6. The fraction of sp³-hybridized carbons (Fsp3) is 0.250. The Kier molecular flexibility index (Phi) is 7.05. The first-order valence-electron chi connectivity index (χ1n) is 12.8. The summed E-state index contributed by atoms with van der Waals surface area (Å²) in [5, 5.41) is 6.53. The molecule has 6 nitrogen and oxygen atoms in total. The highest BCUT2D eigenvalue weighted by Crippen LogP contribution is 2.46. The number of amides is 1. The van der Waals surface area contributed by atoms with Gasteiger partial charge in [-0.05, 0) is 61.1 Å². The fourth-order valence-corrected chi connectivity index (χ4v) is 5.56. The summed E-state index contributed by atoms with van der Waals surface area (Å²) < 4.78 is 10.9. The van der Waals surface area contributed by atoms with E-state index in [0.717, 1.165) is 33.8 Å². The molecule has 38 heavy (non-hydrogen) atoms. The zero-order valence-corrected chi connectivity index (χ0v) is 22.1. The number of methoxy groups -OCH3 is 2. The number of aryl methyl sites for hydroxylation is 1. The summed E-state index contributed by atoms with van der Waals surface area (Å²) in [6, 6.07) is 23.3. The number of para-hydroxylation sites is 1. The number of benzene rings is 3. The topological polar surface area (TPSA) is 76.7 Å². The first kappa shape index (κ1) is 25.3. The lowest BCUT2D eigenvalue weighted by molar-refractivity contribution is -0.116. The van der Waals surface area contributed by atoms with E-state index < -0.39 is 5.92 Å². The molecule has 0 aromatic heterocycles. The normalized spacial score (nSPS) is 19.0. The van der Waals surface area contributed by atoms with Crippen LogP contribution in [0.4, 0.5) is 5.69 Å². The van der Waals surface area contributed by atoms with Crippen molar-refractivity contribution in [1.82, 2.24) is 5.32 Å². The first-order valence-corrected chi connectivity index (χ1v) is 12.8. The molecule has 0 saturated heterocycles. The van der Waals surface area contributed by atoms with Crippen molar-refractivity contribution >= 4 is 17.4 Å². The van der Waals surface area contributed by atoms with Gasteiger partial charge in [-0.15, -0.1) is 0 Å². The lowest BCUT2D eigenvalue weighted by atomic mass is 9.71. The minimum atomic E-state index is -0.449. The first-order chi connectivity index (χ1) is 18.4. The summed E-state index contributed by atoms with van der Waals surface area (Å²) in [4.78, 5) is 27.6. The highest BCUT2D eigenvalue weighted by Gasteiger charge is 2.41. The molecule has 6 heteroatoms. The second-order valence-corrected chi connectivity index (χ2v) is 9.81. The number of ether oxygens (including phenoxy) is 2. The van der Waals surface area contributed by atoms with E-state index in [-0.39, 0.29) is 17.6 Å². The van der Waals surface area contributed by atoms with E-state index in [4.69, 9.17) is 9.47 Å². The molecule has 2 N–H and O–H groups in total. The van der Waals surface area contributed by atoms with Gasteiger partial charge in [0.1, 0.15) is 0 Å². The molecular weight excluding hydrogens is 476 g/mol. The summed E-state index contributed by atoms with van der Waals surface area (Å²) in [6.45, 7) is 3.88. The van der Waals surface area contributed by atoms with Crippen LogP contribution >= 0.6 is 0 Å². The minimum absolute atomic E-state index is 0.0138. The van der Waals surface area contributed by atoms with Gasteiger partial charge < -0.3 is 20.1 Å². The Hall–Kier alpha value is -4.32. The average molecular weight is 509 g/mol. The van der Waals surface area contributed by atoms with Crippen LogP contribution < -0.4 is 20.1 Å². The molecule has 0 fully saturated rings. The predicted octanol–water partition coefficient (Wildman–Crippen LogP) is 6.01. The summed E-state index contributed by atoms with van der Waals surface area (Å²) in [6.07, 6.45) is 1.01. The van der Waals surface area contributed by atoms with E-state index in [1.807, 2.05) is 86.6 Å². The van der Waals surface area contributed by atoms with Gasteiger partial charge in [-0.3, -0.25) is 9.59 Å². The number of dihydropyridines is 1. The van der Waals surface area contributed by atoms with Crippen LogP contribution in [0.15, 0.2) is 95.3 Å². The molecule has 0 saturated carbocycles. The van der Waals surface area contributed by atoms with Gasteiger partial charge in [0.15, 0.2) is 17.3 Å². The van der Waals surface area contributed by atoms with Gasteiger partial charge in [-0.2, -0.15) is 0 Å². The second-order valence-electron chi connectivity index (χ2n) is 9.81. The number of hydrogen-bond donors (Lipinski definition) is 2. The molecule has 3 aromatic carbocycles. The van der Waals surface area contributed by atoms with Gasteiger partial charge in [-0.1, -0.05) is 54.6 Å². The van der Waals surface area contributed by atoms with E-state index in [1.165, 1.54) is 0 Å². The Labute approximate surface area is 223 Å².